The Morgan fingerprint density at radius 3 is 2.27 bits per heavy atom. The van der Waals surface area contributed by atoms with Crippen molar-refractivity contribution in [3.63, 3.8) is 0 Å². The summed E-state index contributed by atoms with van der Waals surface area (Å²) in [5, 5.41) is 2.71. The number of rotatable bonds is 5. The molecule has 0 aliphatic rings. The smallest absolute Gasteiger partial charge is 0.244 e. The highest BCUT2D eigenvalue weighted by atomic mass is 16.1. The molecule has 0 radical (unpaired) electrons. The molecule has 0 fully saturated rings. The highest BCUT2D eigenvalue weighted by molar-refractivity contribution is 5.91. The summed E-state index contributed by atoms with van der Waals surface area (Å²) in [6, 6.07) is 0. The number of carbonyl (C=O) groups is 2. The molecule has 0 bridgehead atoms. The normalized spacial score (nSPS) is 12.5. The minimum atomic E-state index is -0.416. The van der Waals surface area contributed by atoms with Gasteiger partial charge in [-0.25, -0.2) is 0 Å². The van der Waals surface area contributed by atoms with Gasteiger partial charge >= 0.3 is 0 Å². The third kappa shape index (κ3) is 6.49. The molecule has 0 rings (SSSR count). The van der Waals surface area contributed by atoms with Gasteiger partial charge in [0.1, 0.15) is 0 Å². The summed E-state index contributed by atoms with van der Waals surface area (Å²) in [6.07, 6.45) is 4.95. The van der Waals surface area contributed by atoms with Crippen molar-refractivity contribution in [1.29, 1.82) is 0 Å². The van der Waals surface area contributed by atoms with E-state index in [1.165, 1.54) is 6.92 Å². The van der Waals surface area contributed by atoms with E-state index < -0.39 is 5.91 Å². The minimum Gasteiger partial charge on any atom is -0.366 e. The van der Waals surface area contributed by atoms with Crippen molar-refractivity contribution < 1.29 is 9.59 Å². The van der Waals surface area contributed by atoms with Crippen molar-refractivity contribution >= 4 is 11.8 Å². The van der Waals surface area contributed by atoms with Gasteiger partial charge in [-0.05, 0) is 19.8 Å². The Morgan fingerprint density at radius 2 is 1.87 bits per heavy atom. The second-order valence-electron chi connectivity index (χ2n) is 3.25. The van der Waals surface area contributed by atoms with Crippen molar-refractivity contribution in [1.82, 2.24) is 5.32 Å². The Bertz CT molecular complexity index is 304. The van der Waals surface area contributed by atoms with Crippen molar-refractivity contribution in [2.45, 2.75) is 33.6 Å². The van der Waals surface area contributed by atoms with E-state index in [1.54, 1.807) is 13.0 Å². The van der Waals surface area contributed by atoms with Gasteiger partial charge in [0.25, 0.3) is 0 Å². The van der Waals surface area contributed by atoms with Crippen LogP contribution >= 0.6 is 0 Å². The Balaban J connectivity index is 4.29. The van der Waals surface area contributed by atoms with Crippen molar-refractivity contribution in [3.05, 3.63) is 23.4 Å². The van der Waals surface area contributed by atoms with E-state index in [4.69, 9.17) is 5.73 Å². The molecule has 15 heavy (non-hydrogen) atoms. The summed E-state index contributed by atoms with van der Waals surface area (Å²) >= 11 is 0. The zero-order chi connectivity index (χ0) is 11.8. The summed E-state index contributed by atoms with van der Waals surface area (Å²) in [6.45, 7) is 5.08. The number of amides is 2. The maximum atomic E-state index is 10.8. The minimum absolute atomic E-state index is 0.0845. The van der Waals surface area contributed by atoms with Crippen LogP contribution < -0.4 is 11.1 Å². The number of hydrogen-bond acceptors (Lipinski definition) is 2. The number of hydrogen-bond donors (Lipinski definition) is 2. The highest BCUT2D eigenvalue weighted by Gasteiger charge is 1.97. The Morgan fingerprint density at radius 1 is 1.27 bits per heavy atom. The van der Waals surface area contributed by atoms with Crippen LogP contribution in [0, 0.1) is 0 Å². The van der Waals surface area contributed by atoms with Crippen LogP contribution in [0.3, 0.4) is 0 Å². The zero-order valence-electron chi connectivity index (χ0n) is 9.46. The van der Waals surface area contributed by atoms with Gasteiger partial charge in [0.2, 0.25) is 11.8 Å². The molecule has 84 valence electrons. The van der Waals surface area contributed by atoms with E-state index in [0.717, 1.165) is 12.1 Å². The maximum Gasteiger partial charge on any atom is 0.244 e. The van der Waals surface area contributed by atoms with Gasteiger partial charge in [0.05, 0.1) is 0 Å². The summed E-state index contributed by atoms with van der Waals surface area (Å²) in [7, 11) is 0. The van der Waals surface area contributed by atoms with E-state index in [9.17, 15) is 9.59 Å². The third-order valence-electron chi connectivity index (χ3n) is 1.89. The van der Waals surface area contributed by atoms with Gasteiger partial charge in [-0.2, -0.15) is 0 Å². The summed E-state index contributed by atoms with van der Waals surface area (Å²) < 4.78 is 0. The molecular formula is C11H18N2O2. The van der Waals surface area contributed by atoms with Crippen LogP contribution in [0.15, 0.2) is 23.4 Å². The second kappa shape index (κ2) is 6.81. The molecule has 0 aromatic rings. The SMILES string of the molecule is CC/C(=C\C/C=C(\C)C(N)=O)NC(C)=O. The molecule has 0 aliphatic carbocycles. The third-order valence-corrected chi connectivity index (χ3v) is 1.89. The molecule has 0 saturated carbocycles. The van der Waals surface area contributed by atoms with Crippen LogP contribution in [-0.4, -0.2) is 11.8 Å². The Kier molecular flexibility index (Phi) is 6.09. The number of carbonyl (C=O) groups excluding carboxylic acids is 2. The van der Waals surface area contributed by atoms with Gasteiger partial charge in [-0.1, -0.05) is 19.1 Å². The zero-order valence-corrected chi connectivity index (χ0v) is 9.46. The van der Waals surface area contributed by atoms with Gasteiger partial charge in [0, 0.05) is 18.2 Å². The average Bonchev–Trinajstić information content (AvgIpc) is 2.15. The number of nitrogens with one attached hydrogen (secondary N) is 1. The molecule has 0 atom stereocenters. The van der Waals surface area contributed by atoms with Gasteiger partial charge in [-0.15, -0.1) is 0 Å². The van der Waals surface area contributed by atoms with Crippen LogP contribution in [0.1, 0.15) is 33.6 Å². The highest BCUT2D eigenvalue weighted by Crippen LogP contribution is 2.01. The van der Waals surface area contributed by atoms with E-state index in [1.807, 2.05) is 13.0 Å². The van der Waals surface area contributed by atoms with Crippen molar-refractivity contribution in [2.75, 3.05) is 0 Å². The van der Waals surface area contributed by atoms with Crippen LogP contribution in [0.4, 0.5) is 0 Å². The van der Waals surface area contributed by atoms with E-state index >= 15 is 0 Å². The summed E-state index contributed by atoms with van der Waals surface area (Å²) in [5.74, 6) is -0.500. The molecule has 0 aromatic heterocycles. The monoisotopic (exact) mass is 210 g/mol. The fourth-order valence-electron chi connectivity index (χ4n) is 0.988. The quantitative estimate of drug-likeness (QED) is 0.670. The van der Waals surface area contributed by atoms with Gasteiger partial charge < -0.3 is 11.1 Å². The predicted octanol–water partition coefficient (Wildman–Crippen LogP) is 1.24. The topological polar surface area (TPSA) is 72.2 Å². The number of allylic oxidation sites excluding steroid dienone is 3. The lowest BCUT2D eigenvalue weighted by Crippen LogP contribution is -2.18. The Labute approximate surface area is 90.2 Å². The van der Waals surface area contributed by atoms with Gasteiger partial charge in [0.15, 0.2) is 0 Å². The maximum absolute atomic E-state index is 10.8. The fraction of sp³-hybridized carbons (Fsp3) is 0.455. The fourth-order valence-corrected chi connectivity index (χ4v) is 0.988. The first-order valence-corrected chi connectivity index (χ1v) is 4.90. The van der Waals surface area contributed by atoms with Crippen molar-refractivity contribution in [2.24, 2.45) is 5.73 Å². The molecule has 0 aliphatic heterocycles. The first-order valence-electron chi connectivity index (χ1n) is 4.90. The van der Waals surface area contributed by atoms with Gasteiger partial charge in [-0.3, -0.25) is 9.59 Å². The molecule has 0 unspecified atom stereocenters. The lowest BCUT2D eigenvalue weighted by atomic mass is 10.2. The first-order chi connectivity index (χ1) is 6.97. The molecule has 0 aromatic carbocycles. The largest absolute Gasteiger partial charge is 0.366 e. The van der Waals surface area contributed by atoms with Crippen LogP contribution in [0.25, 0.3) is 0 Å². The number of primary amides is 1. The average molecular weight is 210 g/mol. The van der Waals surface area contributed by atoms with E-state index in [0.29, 0.717) is 12.0 Å². The Hall–Kier alpha value is -1.58. The van der Waals surface area contributed by atoms with Crippen molar-refractivity contribution in [3.8, 4) is 0 Å². The molecule has 2 amide bonds. The summed E-state index contributed by atoms with van der Waals surface area (Å²) in [5.41, 5.74) is 6.46. The van der Waals surface area contributed by atoms with Crippen LogP contribution in [0.2, 0.25) is 0 Å². The van der Waals surface area contributed by atoms with E-state index in [-0.39, 0.29) is 5.91 Å². The summed E-state index contributed by atoms with van der Waals surface area (Å²) in [4.78, 5) is 21.5. The van der Waals surface area contributed by atoms with Crippen LogP contribution in [0.5, 0.6) is 0 Å². The molecule has 4 nitrogen and oxygen atoms in total. The molecule has 0 saturated heterocycles. The number of nitrogens with two attached hydrogens (primary N) is 1. The second-order valence-corrected chi connectivity index (χ2v) is 3.25. The molecular weight excluding hydrogens is 192 g/mol. The van der Waals surface area contributed by atoms with Crippen LogP contribution in [-0.2, 0) is 9.59 Å². The molecule has 3 N–H and O–H groups in total. The standard InChI is InChI=1S/C11H18N2O2/c1-4-10(13-9(3)14)7-5-6-8(2)11(12)15/h6-7H,4-5H2,1-3H3,(H2,12,15)(H,13,14)/b8-6+,10-7+. The van der Waals surface area contributed by atoms with E-state index in [2.05, 4.69) is 5.32 Å². The lowest BCUT2D eigenvalue weighted by molar-refractivity contribution is -0.118. The molecule has 0 spiro atoms. The first kappa shape index (κ1) is 13.4. The lowest BCUT2D eigenvalue weighted by Gasteiger charge is -2.03. The predicted molar refractivity (Wildman–Crippen MR) is 59.8 cm³/mol. The molecule has 4 heteroatoms. The molecule has 0 heterocycles.